The second kappa shape index (κ2) is 6.80. The maximum atomic E-state index is 11.6. The lowest BCUT2D eigenvalue weighted by Crippen LogP contribution is -2.04. The topological polar surface area (TPSA) is 69.7 Å². The zero-order chi connectivity index (χ0) is 13.4. The molecule has 0 aromatic heterocycles. The SMILES string of the molecule is CCCOC(=O)C=COS(=O)(=O)c1ccccc1. The first-order valence-electron chi connectivity index (χ1n) is 5.38. The summed E-state index contributed by atoms with van der Waals surface area (Å²) in [6, 6.07) is 7.65. The lowest BCUT2D eigenvalue weighted by molar-refractivity contribution is -0.137. The number of hydrogen-bond acceptors (Lipinski definition) is 5. The third kappa shape index (κ3) is 4.58. The Labute approximate surface area is 106 Å². The van der Waals surface area contributed by atoms with Crippen molar-refractivity contribution in [2.24, 2.45) is 0 Å². The van der Waals surface area contributed by atoms with Crippen LogP contribution in [0.25, 0.3) is 0 Å². The van der Waals surface area contributed by atoms with Crippen LogP contribution in [0.3, 0.4) is 0 Å². The smallest absolute Gasteiger partial charge is 0.338 e. The summed E-state index contributed by atoms with van der Waals surface area (Å²) < 4.78 is 32.5. The summed E-state index contributed by atoms with van der Waals surface area (Å²) in [5.74, 6) is -0.639. The zero-order valence-corrected chi connectivity index (χ0v) is 10.7. The highest BCUT2D eigenvalue weighted by molar-refractivity contribution is 7.86. The number of rotatable bonds is 6. The van der Waals surface area contributed by atoms with Crippen LogP contribution in [0.2, 0.25) is 0 Å². The van der Waals surface area contributed by atoms with Crippen LogP contribution in [0, 0.1) is 0 Å². The van der Waals surface area contributed by atoms with E-state index in [0.717, 1.165) is 12.3 Å². The van der Waals surface area contributed by atoms with Crippen LogP contribution in [-0.4, -0.2) is 21.0 Å². The van der Waals surface area contributed by atoms with Crippen LogP contribution >= 0.6 is 0 Å². The van der Waals surface area contributed by atoms with Gasteiger partial charge in [0.15, 0.2) is 0 Å². The molecule has 0 atom stereocenters. The van der Waals surface area contributed by atoms with Crippen molar-refractivity contribution in [2.45, 2.75) is 18.2 Å². The minimum absolute atomic E-state index is 0.0246. The van der Waals surface area contributed by atoms with Gasteiger partial charge in [-0.2, -0.15) is 8.42 Å². The van der Waals surface area contributed by atoms with E-state index in [9.17, 15) is 13.2 Å². The number of esters is 1. The van der Waals surface area contributed by atoms with Crippen molar-refractivity contribution in [1.82, 2.24) is 0 Å². The Kier molecular flexibility index (Phi) is 5.38. The molecule has 98 valence electrons. The lowest BCUT2D eigenvalue weighted by Gasteiger charge is -2.02. The van der Waals surface area contributed by atoms with Gasteiger partial charge in [0, 0.05) is 0 Å². The minimum atomic E-state index is -3.87. The van der Waals surface area contributed by atoms with Crippen LogP contribution in [0.1, 0.15) is 13.3 Å². The van der Waals surface area contributed by atoms with E-state index >= 15 is 0 Å². The maximum absolute atomic E-state index is 11.6. The van der Waals surface area contributed by atoms with E-state index in [1.165, 1.54) is 12.1 Å². The Bertz CT molecular complexity index is 505. The van der Waals surface area contributed by atoms with Crippen LogP contribution in [0.5, 0.6) is 0 Å². The molecule has 0 aliphatic rings. The van der Waals surface area contributed by atoms with Gasteiger partial charge in [0.2, 0.25) is 0 Å². The second-order valence-electron chi connectivity index (χ2n) is 3.33. The molecule has 0 unspecified atom stereocenters. The van der Waals surface area contributed by atoms with E-state index in [1.807, 2.05) is 6.92 Å². The normalized spacial score (nSPS) is 11.4. The summed E-state index contributed by atoms with van der Waals surface area (Å²) in [6.07, 6.45) is 2.43. The summed E-state index contributed by atoms with van der Waals surface area (Å²) in [7, 11) is -3.87. The molecule has 5 nitrogen and oxygen atoms in total. The molecule has 1 aromatic rings. The van der Waals surface area contributed by atoms with Gasteiger partial charge in [-0.05, 0) is 18.6 Å². The van der Waals surface area contributed by atoms with E-state index in [1.54, 1.807) is 18.2 Å². The summed E-state index contributed by atoms with van der Waals surface area (Å²) in [5, 5.41) is 0. The first kappa shape index (κ1) is 14.2. The third-order valence-corrected chi connectivity index (χ3v) is 3.08. The first-order valence-corrected chi connectivity index (χ1v) is 6.78. The zero-order valence-electron chi connectivity index (χ0n) is 9.91. The van der Waals surface area contributed by atoms with Gasteiger partial charge >= 0.3 is 16.1 Å². The van der Waals surface area contributed by atoms with Gasteiger partial charge in [0.1, 0.15) is 11.2 Å². The van der Waals surface area contributed by atoms with Crippen LogP contribution < -0.4 is 0 Å². The van der Waals surface area contributed by atoms with Crippen molar-refractivity contribution < 1.29 is 22.1 Å². The van der Waals surface area contributed by atoms with Gasteiger partial charge in [-0.25, -0.2) is 4.79 Å². The Morgan fingerprint density at radius 3 is 2.56 bits per heavy atom. The molecule has 0 radical (unpaired) electrons. The Morgan fingerprint density at radius 2 is 1.94 bits per heavy atom. The van der Waals surface area contributed by atoms with Gasteiger partial charge in [0.25, 0.3) is 0 Å². The average Bonchev–Trinajstić information content (AvgIpc) is 2.37. The van der Waals surface area contributed by atoms with E-state index < -0.39 is 16.1 Å². The number of carbonyl (C=O) groups excluding carboxylic acids is 1. The molecule has 0 saturated heterocycles. The summed E-state index contributed by atoms with van der Waals surface area (Å²) in [5.41, 5.74) is 0. The largest absolute Gasteiger partial charge is 0.462 e. The van der Waals surface area contributed by atoms with E-state index in [-0.39, 0.29) is 11.5 Å². The fourth-order valence-corrected chi connectivity index (χ4v) is 1.85. The molecule has 0 aliphatic heterocycles. The molecule has 18 heavy (non-hydrogen) atoms. The van der Waals surface area contributed by atoms with Gasteiger partial charge in [0.05, 0.1) is 12.7 Å². The Balaban J connectivity index is 2.58. The highest BCUT2D eigenvalue weighted by atomic mass is 32.2. The van der Waals surface area contributed by atoms with Crippen LogP contribution in [0.15, 0.2) is 47.6 Å². The molecule has 0 N–H and O–H groups in total. The Morgan fingerprint density at radius 1 is 1.28 bits per heavy atom. The van der Waals surface area contributed by atoms with Crippen molar-refractivity contribution in [2.75, 3.05) is 6.61 Å². The molecular formula is C12H14O5S. The van der Waals surface area contributed by atoms with Crippen LogP contribution in [0.4, 0.5) is 0 Å². The van der Waals surface area contributed by atoms with E-state index in [2.05, 4.69) is 4.18 Å². The third-order valence-electron chi connectivity index (χ3n) is 1.87. The quantitative estimate of drug-likeness (QED) is 0.341. The van der Waals surface area contributed by atoms with Crippen LogP contribution in [-0.2, 0) is 23.8 Å². The van der Waals surface area contributed by atoms with E-state index in [0.29, 0.717) is 6.42 Å². The number of carbonyl (C=O) groups is 1. The van der Waals surface area contributed by atoms with Gasteiger partial charge < -0.3 is 8.92 Å². The monoisotopic (exact) mass is 270 g/mol. The standard InChI is InChI=1S/C12H14O5S/c1-2-9-16-12(13)8-10-17-18(14,15)11-6-4-3-5-7-11/h3-8,10H,2,9H2,1H3. The lowest BCUT2D eigenvalue weighted by atomic mass is 10.4. The van der Waals surface area contributed by atoms with Crippen molar-refractivity contribution in [3.63, 3.8) is 0 Å². The molecule has 6 heteroatoms. The summed E-state index contributed by atoms with van der Waals surface area (Å²) in [4.78, 5) is 11.1. The number of hydrogen-bond donors (Lipinski definition) is 0. The molecular weight excluding hydrogens is 256 g/mol. The first-order chi connectivity index (χ1) is 8.56. The van der Waals surface area contributed by atoms with Crippen molar-refractivity contribution >= 4 is 16.1 Å². The summed E-state index contributed by atoms with van der Waals surface area (Å²) >= 11 is 0. The molecule has 1 aromatic carbocycles. The second-order valence-corrected chi connectivity index (χ2v) is 4.91. The van der Waals surface area contributed by atoms with Crippen molar-refractivity contribution in [1.29, 1.82) is 0 Å². The fourth-order valence-electron chi connectivity index (χ4n) is 1.05. The predicted octanol–water partition coefficient (Wildman–Crippen LogP) is 1.86. The van der Waals surface area contributed by atoms with E-state index in [4.69, 9.17) is 4.74 Å². The van der Waals surface area contributed by atoms with Gasteiger partial charge in [-0.15, -0.1) is 0 Å². The minimum Gasteiger partial charge on any atom is -0.462 e. The molecule has 0 amide bonds. The van der Waals surface area contributed by atoms with Gasteiger partial charge in [-0.1, -0.05) is 25.1 Å². The highest BCUT2D eigenvalue weighted by Crippen LogP contribution is 2.11. The Hall–Kier alpha value is -1.82. The van der Waals surface area contributed by atoms with Crippen molar-refractivity contribution in [3.8, 4) is 0 Å². The molecule has 0 aliphatic carbocycles. The fraction of sp³-hybridized carbons (Fsp3) is 0.250. The molecule has 0 bridgehead atoms. The molecule has 1 rings (SSSR count). The predicted molar refractivity (Wildman–Crippen MR) is 65.1 cm³/mol. The highest BCUT2D eigenvalue weighted by Gasteiger charge is 2.12. The molecule has 0 spiro atoms. The molecule has 0 heterocycles. The number of benzene rings is 1. The van der Waals surface area contributed by atoms with Gasteiger partial charge in [-0.3, -0.25) is 0 Å². The molecule has 0 fully saturated rings. The summed E-state index contributed by atoms with van der Waals surface area (Å²) in [6.45, 7) is 2.14. The number of ether oxygens (including phenoxy) is 1. The average molecular weight is 270 g/mol. The van der Waals surface area contributed by atoms with Crippen molar-refractivity contribution in [3.05, 3.63) is 42.7 Å². The molecule has 0 saturated carbocycles. The maximum Gasteiger partial charge on any atom is 0.338 e.